The van der Waals surface area contributed by atoms with Crippen LogP contribution in [0.3, 0.4) is 0 Å². The Hall–Kier alpha value is 0.266. The van der Waals surface area contributed by atoms with Crippen LogP contribution >= 0.6 is 15.9 Å². The molecule has 0 saturated heterocycles. The first kappa shape index (κ1) is 11.3. The highest BCUT2D eigenvalue weighted by Crippen LogP contribution is 2.20. The third kappa shape index (κ3) is 3.01. The maximum Gasteiger partial charge on any atom is 0.316 e. The molecule has 0 fully saturated rings. The van der Waals surface area contributed by atoms with Crippen LogP contribution in [0, 0.1) is 6.92 Å². The zero-order valence-electron chi connectivity index (χ0n) is 5.73. The molecule has 0 aliphatic heterocycles. The van der Waals surface area contributed by atoms with Gasteiger partial charge in [0.1, 0.15) is 5.75 Å². The summed E-state index contributed by atoms with van der Waals surface area (Å²) in [6, 6.07) is 5.68. The van der Waals surface area contributed by atoms with Gasteiger partial charge in [0.2, 0.25) is 0 Å². The summed E-state index contributed by atoms with van der Waals surface area (Å²) in [7, 11) is 1.64. The van der Waals surface area contributed by atoms with E-state index in [0.29, 0.717) is 0 Å². The summed E-state index contributed by atoms with van der Waals surface area (Å²) in [5.41, 5.74) is 0.944. The molecule has 0 unspecified atom stereocenters. The van der Waals surface area contributed by atoms with Gasteiger partial charge in [-0.1, -0.05) is 15.9 Å². The van der Waals surface area contributed by atoms with Gasteiger partial charge in [-0.3, -0.25) is 0 Å². The van der Waals surface area contributed by atoms with Crippen LogP contribution in [0.2, 0.25) is 0 Å². The molecule has 0 amide bonds. The molecule has 0 bridgehead atoms. The molecule has 0 saturated carbocycles. The van der Waals surface area contributed by atoms with Gasteiger partial charge in [-0.2, -0.15) is 0 Å². The molecule has 1 nitrogen and oxygen atoms in total. The lowest BCUT2D eigenvalue weighted by atomic mass is 10.2. The highest BCUT2D eigenvalue weighted by atomic mass is 79.9. The molecule has 0 aliphatic rings. The zero-order chi connectivity index (χ0) is 7.56. The fourth-order valence-electron chi connectivity index (χ4n) is 0.678. The van der Waals surface area contributed by atoms with E-state index in [-0.39, 0.29) is 23.1 Å². The maximum absolute atomic E-state index is 4.99. The first-order chi connectivity index (χ1) is 4.74. The van der Waals surface area contributed by atoms with Gasteiger partial charge < -0.3 is 4.74 Å². The van der Waals surface area contributed by atoms with E-state index >= 15 is 0 Å². The van der Waals surface area contributed by atoms with E-state index in [2.05, 4.69) is 22.9 Å². The van der Waals surface area contributed by atoms with Gasteiger partial charge in [0.25, 0.3) is 0 Å². The molecule has 0 aromatic heterocycles. The van der Waals surface area contributed by atoms with Gasteiger partial charge in [0, 0.05) is 4.47 Å². The predicted octanol–water partition coefficient (Wildman–Crippen LogP) is 1.72. The van der Waals surface area contributed by atoms with Crippen molar-refractivity contribution >= 4 is 39.0 Å². The van der Waals surface area contributed by atoms with Gasteiger partial charge in [-0.05, 0) is 30.7 Å². The van der Waals surface area contributed by atoms with E-state index in [1.54, 1.807) is 7.11 Å². The minimum absolute atomic E-state index is 0. The van der Waals surface area contributed by atoms with Crippen LogP contribution in [0.5, 0.6) is 5.75 Å². The molecule has 0 heterocycles. The first-order valence-electron chi connectivity index (χ1n) is 2.89. The molecule has 57 valence electrons. The summed E-state index contributed by atoms with van der Waals surface area (Å²) >= 11 is 3.34. The quantitative estimate of drug-likeness (QED) is 0.663. The Kier molecular flexibility index (Phi) is 5.13. The summed E-state index contributed by atoms with van der Waals surface area (Å²) in [5.74, 6) is 0.841. The highest BCUT2D eigenvalue weighted by Gasteiger charge is 1.94. The second kappa shape index (κ2) is 5.01. The third-order valence-corrected chi connectivity index (χ3v) is 2.03. The predicted molar refractivity (Wildman–Crippen MR) is 53.7 cm³/mol. The van der Waals surface area contributed by atoms with Crippen molar-refractivity contribution in [3.8, 4) is 5.75 Å². The Balaban J connectivity index is 0.000001000. The smallest absolute Gasteiger partial charge is 0.316 e. The van der Waals surface area contributed by atoms with Gasteiger partial charge >= 0.3 is 23.1 Å². The number of rotatable bonds is 1. The first-order valence-corrected chi connectivity index (χ1v) is 3.69. The van der Waals surface area contributed by atoms with Crippen LogP contribution < -0.4 is 4.74 Å². The van der Waals surface area contributed by atoms with Crippen LogP contribution in [0.25, 0.3) is 0 Å². The number of benzene rings is 1. The monoisotopic (exact) mass is 225 g/mol. The van der Waals surface area contributed by atoms with E-state index in [0.717, 1.165) is 15.8 Å². The van der Waals surface area contributed by atoms with Crippen molar-refractivity contribution in [2.45, 2.75) is 0 Å². The molecule has 3 heteroatoms. The fourth-order valence-corrected chi connectivity index (χ4v) is 0.925. The molecule has 1 aromatic rings. The van der Waals surface area contributed by atoms with Crippen molar-refractivity contribution in [1.29, 1.82) is 0 Å². The van der Waals surface area contributed by atoms with Crippen molar-refractivity contribution in [3.63, 3.8) is 0 Å². The lowest BCUT2D eigenvalue weighted by molar-refractivity contribution is 0.414. The van der Waals surface area contributed by atoms with Crippen LogP contribution in [0.4, 0.5) is 0 Å². The molecule has 11 heavy (non-hydrogen) atoms. The van der Waals surface area contributed by atoms with E-state index < -0.39 is 0 Å². The Morgan fingerprint density at radius 1 is 1.45 bits per heavy atom. The molecule has 1 radical (unpaired) electrons. The highest BCUT2D eigenvalue weighted by molar-refractivity contribution is 9.10. The molecule has 0 atom stereocenters. The van der Waals surface area contributed by atoms with Crippen LogP contribution in [0.1, 0.15) is 5.56 Å². The van der Waals surface area contributed by atoms with Crippen molar-refractivity contribution in [2.24, 2.45) is 0 Å². The van der Waals surface area contributed by atoms with Crippen molar-refractivity contribution in [3.05, 3.63) is 35.2 Å². The number of hydrogen-bond acceptors (Lipinski definition) is 1. The van der Waals surface area contributed by atoms with E-state index in [1.807, 2.05) is 18.2 Å². The summed E-state index contributed by atoms with van der Waals surface area (Å²) in [6.07, 6.45) is 0. The largest absolute Gasteiger partial charge is 0.497 e. The van der Waals surface area contributed by atoms with E-state index in [9.17, 15) is 0 Å². The van der Waals surface area contributed by atoms with Crippen LogP contribution in [0.15, 0.2) is 22.7 Å². The fraction of sp³-hybridized carbons (Fsp3) is 0.125. The SMILES string of the molecule is [CH2]c1cc(OC)ccc1Br.[MgH2]. The van der Waals surface area contributed by atoms with Gasteiger partial charge in [0.05, 0.1) is 7.11 Å². The maximum atomic E-state index is 4.99. The Bertz CT molecular complexity index is 238. The van der Waals surface area contributed by atoms with Crippen molar-refractivity contribution in [1.82, 2.24) is 0 Å². The average Bonchev–Trinajstić information content (AvgIpc) is 1.95. The molecular weight excluding hydrogens is 216 g/mol. The Morgan fingerprint density at radius 2 is 2.09 bits per heavy atom. The lowest BCUT2D eigenvalue weighted by Gasteiger charge is -2.01. The van der Waals surface area contributed by atoms with Gasteiger partial charge in [-0.15, -0.1) is 0 Å². The molecule has 0 N–H and O–H groups in total. The minimum atomic E-state index is 0. The van der Waals surface area contributed by atoms with Crippen molar-refractivity contribution < 1.29 is 4.74 Å². The normalized spacial score (nSPS) is 8.64. The van der Waals surface area contributed by atoms with Crippen LogP contribution in [-0.4, -0.2) is 30.2 Å². The van der Waals surface area contributed by atoms with E-state index in [4.69, 9.17) is 4.74 Å². The molecule has 1 aromatic carbocycles. The molecule has 0 aliphatic carbocycles. The number of hydrogen-bond donors (Lipinski definition) is 0. The second-order valence-corrected chi connectivity index (χ2v) is 2.81. The minimum Gasteiger partial charge on any atom is -0.497 e. The van der Waals surface area contributed by atoms with E-state index in [1.165, 1.54) is 0 Å². The zero-order valence-corrected chi connectivity index (χ0v) is 7.31. The molecular formula is C8H10BrMgO. The van der Waals surface area contributed by atoms with Gasteiger partial charge in [-0.25, -0.2) is 0 Å². The summed E-state index contributed by atoms with van der Waals surface area (Å²) < 4.78 is 6.00. The summed E-state index contributed by atoms with van der Waals surface area (Å²) in [6.45, 7) is 3.80. The number of ether oxygens (including phenoxy) is 1. The average molecular weight is 226 g/mol. The second-order valence-electron chi connectivity index (χ2n) is 1.96. The third-order valence-electron chi connectivity index (χ3n) is 1.25. The number of halogens is 1. The topological polar surface area (TPSA) is 9.23 Å². The van der Waals surface area contributed by atoms with Crippen LogP contribution in [-0.2, 0) is 0 Å². The Labute approximate surface area is 91.4 Å². The molecule has 0 spiro atoms. The molecule has 1 rings (SSSR count). The van der Waals surface area contributed by atoms with Crippen molar-refractivity contribution in [2.75, 3.05) is 7.11 Å². The standard InChI is InChI=1S/C8H8BrO.Mg.2H/c1-6-5-7(10-2)3-4-8(6)9;;;/h3-5H,1H2,2H3;;;. The van der Waals surface area contributed by atoms with Gasteiger partial charge in [0.15, 0.2) is 0 Å². The lowest BCUT2D eigenvalue weighted by Crippen LogP contribution is -1.83. The number of methoxy groups -OCH3 is 1. The summed E-state index contributed by atoms with van der Waals surface area (Å²) in [4.78, 5) is 0. The summed E-state index contributed by atoms with van der Waals surface area (Å²) in [5, 5.41) is 0. The Morgan fingerprint density at radius 3 is 2.55 bits per heavy atom.